The number of fused-ring (bicyclic) bond motifs is 1. The maximum Gasteiger partial charge on any atom is 0.251 e. The van der Waals surface area contributed by atoms with Crippen molar-refractivity contribution in [1.29, 1.82) is 0 Å². The summed E-state index contributed by atoms with van der Waals surface area (Å²) >= 11 is 0. The van der Waals surface area contributed by atoms with Gasteiger partial charge in [-0.3, -0.25) is 9.78 Å². The number of rotatable bonds is 7. The number of benzene rings is 1. The Balaban J connectivity index is 1.50. The van der Waals surface area contributed by atoms with E-state index < -0.39 is 0 Å². The molecule has 0 atom stereocenters. The van der Waals surface area contributed by atoms with Crippen LogP contribution >= 0.6 is 0 Å². The van der Waals surface area contributed by atoms with E-state index >= 15 is 0 Å². The van der Waals surface area contributed by atoms with E-state index in [1.807, 2.05) is 35.8 Å². The Morgan fingerprint density at radius 3 is 2.62 bits per heavy atom. The largest absolute Gasteiger partial charge is 0.494 e. The fourth-order valence-corrected chi connectivity index (χ4v) is 3.14. The van der Waals surface area contributed by atoms with Gasteiger partial charge in [-0.2, -0.15) is 0 Å². The zero-order valence-corrected chi connectivity index (χ0v) is 16.1. The zero-order valence-electron chi connectivity index (χ0n) is 16.1. The third-order valence-corrected chi connectivity index (χ3v) is 4.49. The molecule has 0 aliphatic carbocycles. The number of pyridine rings is 2. The average Bonchev–Trinajstić information content (AvgIpc) is 3.14. The van der Waals surface area contributed by atoms with Crippen LogP contribution in [0.15, 0.2) is 67.1 Å². The first-order valence-electron chi connectivity index (χ1n) is 9.49. The van der Waals surface area contributed by atoms with Crippen LogP contribution < -0.4 is 10.1 Å². The summed E-state index contributed by atoms with van der Waals surface area (Å²) in [6.07, 6.45) is 5.22. The van der Waals surface area contributed by atoms with Gasteiger partial charge in [-0.25, -0.2) is 9.97 Å². The summed E-state index contributed by atoms with van der Waals surface area (Å²) in [5.41, 5.74) is 3.15. The van der Waals surface area contributed by atoms with Gasteiger partial charge in [0.05, 0.1) is 6.61 Å². The Kier molecular flexibility index (Phi) is 5.47. The van der Waals surface area contributed by atoms with Crippen molar-refractivity contribution in [2.24, 2.45) is 0 Å². The zero-order chi connectivity index (χ0) is 20.1. The number of carbonyl (C=O) groups excluding carboxylic acids is 1. The summed E-state index contributed by atoms with van der Waals surface area (Å²) in [6, 6.07) is 14.7. The standard InChI is InChI=1S/C22H21N5O2/c1-2-29-18-7-5-17(6-8-18)22(28)25-14-15-27-20(16-9-12-23-13-10-16)26-19-4-3-11-24-21(19)27/h3-13H,2,14-15H2,1H3,(H,25,28). The molecule has 4 rings (SSSR count). The molecule has 0 saturated heterocycles. The lowest BCUT2D eigenvalue weighted by Gasteiger charge is -2.10. The second-order valence-corrected chi connectivity index (χ2v) is 6.38. The van der Waals surface area contributed by atoms with E-state index in [4.69, 9.17) is 9.72 Å². The van der Waals surface area contributed by atoms with Crippen molar-refractivity contribution >= 4 is 17.1 Å². The first-order valence-corrected chi connectivity index (χ1v) is 9.49. The van der Waals surface area contributed by atoms with Crippen LogP contribution in [0.5, 0.6) is 5.75 Å². The number of hydrogen-bond acceptors (Lipinski definition) is 5. The van der Waals surface area contributed by atoms with Gasteiger partial charge < -0.3 is 14.6 Å². The molecule has 29 heavy (non-hydrogen) atoms. The van der Waals surface area contributed by atoms with E-state index in [9.17, 15) is 4.79 Å². The lowest BCUT2D eigenvalue weighted by atomic mass is 10.2. The monoisotopic (exact) mass is 387 g/mol. The number of carbonyl (C=O) groups is 1. The molecule has 0 radical (unpaired) electrons. The summed E-state index contributed by atoms with van der Waals surface area (Å²) in [5, 5.41) is 2.96. The van der Waals surface area contributed by atoms with E-state index in [1.165, 1.54) is 0 Å². The van der Waals surface area contributed by atoms with Crippen LogP contribution in [0.25, 0.3) is 22.6 Å². The highest BCUT2D eigenvalue weighted by Crippen LogP contribution is 2.22. The molecule has 3 heterocycles. The second-order valence-electron chi connectivity index (χ2n) is 6.38. The summed E-state index contributed by atoms with van der Waals surface area (Å²) in [6.45, 7) is 3.52. The van der Waals surface area contributed by atoms with Crippen molar-refractivity contribution in [3.05, 3.63) is 72.7 Å². The highest BCUT2D eigenvalue weighted by molar-refractivity contribution is 5.94. The van der Waals surface area contributed by atoms with Gasteiger partial charge in [-0.1, -0.05) is 0 Å². The summed E-state index contributed by atoms with van der Waals surface area (Å²) in [7, 11) is 0. The van der Waals surface area contributed by atoms with Gasteiger partial charge in [0.2, 0.25) is 0 Å². The number of amides is 1. The molecule has 0 aliphatic heterocycles. The highest BCUT2D eigenvalue weighted by atomic mass is 16.5. The third-order valence-electron chi connectivity index (χ3n) is 4.49. The Hall–Kier alpha value is -3.74. The normalized spacial score (nSPS) is 10.8. The minimum absolute atomic E-state index is 0.129. The molecule has 3 aromatic heterocycles. The van der Waals surface area contributed by atoms with Gasteiger partial charge in [0, 0.05) is 42.8 Å². The molecular formula is C22H21N5O2. The molecule has 1 N–H and O–H groups in total. The van der Waals surface area contributed by atoms with Crippen LogP contribution in [-0.2, 0) is 6.54 Å². The molecule has 0 bridgehead atoms. The number of hydrogen-bond donors (Lipinski definition) is 1. The average molecular weight is 387 g/mol. The Labute approximate surface area is 168 Å². The highest BCUT2D eigenvalue weighted by Gasteiger charge is 2.14. The van der Waals surface area contributed by atoms with E-state index in [0.29, 0.717) is 25.3 Å². The van der Waals surface area contributed by atoms with E-state index in [2.05, 4.69) is 15.3 Å². The molecule has 0 unspecified atom stereocenters. The van der Waals surface area contributed by atoms with Gasteiger partial charge >= 0.3 is 0 Å². The van der Waals surface area contributed by atoms with E-state index in [-0.39, 0.29) is 5.91 Å². The molecule has 7 nitrogen and oxygen atoms in total. The smallest absolute Gasteiger partial charge is 0.251 e. The molecule has 4 aromatic rings. The van der Waals surface area contributed by atoms with Crippen molar-refractivity contribution in [2.45, 2.75) is 13.5 Å². The van der Waals surface area contributed by atoms with Crippen LogP contribution in [0.1, 0.15) is 17.3 Å². The quantitative estimate of drug-likeness (QED) is 0.526. The lowest BCUT2D eigenvalue weighted by Crippen LogP contribution is -2.27. The predicted octanol–water partition coefficient (Wildman–Crippen LogP) is 3.32. The summed E-state index contributed by atoms with van der Waals surface area (Å²) in [4.78, 5) is 25.7. The van der Waals surface area contributed by atoms with E-state index in [0.717, 1.165) is 28.3 Å². The Morgan fingerprint density at radius 1 is 1.07 bits per heavy atom. The van der Waals surface area contributed by atoms with Crippen molar-refractivity contribution in [2.75, 3.05) is 13.2 Å². The molecule has 0 saturated carbocycles. The van der Waals surface area contributed by atoms with Gasteiger partial charge in [0.15, 0.2) is 5.65 Å². The molecule has 0 spiro atoms. The molecule has 146 valence electrons. The number of imidazole rings is 1. The minimum atomic E-state index is -0.129. The second kappa shape index (κ2) is 8.52. The molecule has 0 fully saturated rings. The number of nitrogens with one attached hydrogen (secondary N) is 1. The SMILES string of the molecule is CCOc1ccc(C(=O)NCCn2c(-c3ccncc3)nc3cccnc32)cc1. The summed E-state index contributed by atoms with van der Waals surface area (Å²) < 4.78 is 7.43. The first kappa shape index (κ1) is 18.6. The van der Waals surface area contributed by atoms with Gasteiger partial charge in [0.1, 0.15) is 17.1 Å². The van der Waals surface area contributed by atoms with Crippen LogP contribution in [0.3, 0.4) is 0 Å². The molecule has 0 aliphatic rings. The topological polar surface area (TPSA) is 81.9 Å². The van der Waals surface area contributed by atoms with Crippen molar-refractivity contribution < 1.29 is 9.53 Å². The van der Waals surface area contributed by atoms with Crippen molar-refractivity contribution in [3.8, 4) is 17.1 Å². The number of aromatic nitrogens is 4. The van der Waals surface area contributed by atoms with Crippen LogP contribution in [0.2, 0.25) is 0 Å². The molecular weight excluding hydrogens is 366 g/mol. The van der Waals surface area contributed by atoms with Crippen LogP contribution in [0.4, 0.5) is 0 Å². The first-order chi connectivity index (χ1) is 14.3. The fraction of sp³-hybridized carbons (Fsp3) is 0.182. The molecule has 1 amide bonds. The van der Waals surface area contributed by atoms with Crippen molar-refractivity contribution in [3.63, 3.8) is 0 Å². The lowest BCUT2D eigenvalue weighted by molar-refractivity contribution is 0.0952. The third kappa shape index (κ3) is 4.08. The van der Waals surface area contributed by atoms with E-state index in [1.54, 1.807) is 42.9 Å². The molecule has 1 aromatic carbocycles. The maximum absolute atomic E-state index is 12.5. The van der Waals surface area contributed by atoms with Gasteiger partial charge in [-0.15, -0.1) is 0 Å². The van der Waals surface area contributed by atoms with Gasteiger partial charge in [0.25, 0.3) is 5.91 Å². The number of ether oxygens (including phenoxy) is 1. The molecule has 7 heteroatoms. The Bertz CT molecular complexity index is 1110. The maximum atomic E-state index is 12.5. The van der Waals surface area contributed by atoms with Gasteiger partial charge in [-0.05, 0) is 55.5 Å². The Morgan fingerprint density at radius 2 is 1.86 bits per heavy atom. The number of nitrogens with zero attached hydrogens (tertiary/aromatic N) is 4. The fourth-order valence-electron chi connectivity index (χ4n) is 3.14. The van der Waals surface area contributed by atoms with Crippen LogP contribution in [0, 0.1) is 0 Å². The summed E-state index contributed by atoms with van der Waals surface area (Å²) in [5.74, 6) is 1.43. The van der Waals surface area contributed by atoms with Crippen LogP contribution in [-0.4, -0.2) is 38.6 Å². The van der Waals surface area contributed by atoms with Crippen molar-refractivity contribution in [1.82, 2.24) is 24.8 Å². The predicted molar refractivity (Wildman–Crippen MR) is 111 cm³/mol. The minimum Gasteiger partial charge on any atom is -0.494 e.